The fraction of sp³-hybridized carbons (Fsp3) is 0.842. The first kappa shape index (κ1) is 22.2. The number of guanidine groups is 1. The highest BCUT2D eigenvalue weighted by Gasteiger charge is 2.21. The Morgan fingerprint density at radius 3 is 2.48 bits per heavy atom. The molecule has 1 aliphatic heterocycles. The molecule has 2 aliphatic rings. The lowest BCUT2D eigenvalue weighted by molar-refractivity contribution is 0.221. The minimum atomic E-state index is -3.24. The topological polar surface area (TPSA) is 85.8 Å². The van der Waals surface area contributed by atoms with E-state index in [9.17, 15) is 8.42 Å². The molecule has 0 radical (unpaired) electrons. The van der Waals surface area contributed by atoms with Gasteiger partial charge < -0.3 is 10.6 Å². The van der Waals surface area contributed by atoms with Crippen LogP contribution in [-0.2, 0) is 10.0 Å². The van der Waals surface area contributed by atoms with Gasteiger partial charge in [0.25, 0.3) is 0 Å². The molecule has 0 atom stereocenters. The first-order chi connectivity index (χ1) is 12.9. The van der Waals surface area contributed by atoms with Gasteiger partial charge in [-0.25, -0.2) is 13.1 Å². The summed E-state index contributed by atoms with van der Waals surface area (Å²) in [4.78, 5) is 6.89. The molecule has 1 aliphatic carbocycles. The SMILES string of the molecule is C=C(C)CN1CCC(NC(=NCCS(=O)(=O)NCC2CCC2)NCC)CC1. The predicted molar refractivity (Wildman–Crippen MR) is 113 cm³/mol. The molecule has 8 heteroatoms. The fourth-order valence-corrected chi connectivity index (χ4v) is 4.39. The van der Waals surface area contributed by atoms with E-state index >= 15 is 0 Å². The minimum Gasteiger partial charge on any atom is -0.357 e. The monoisotopic (exact) mass is 399 g/mol. The molecule has 7 nitrogen and oxygen atoms in total. The van der Waals surface area contributed by atoms with Gasteiger partial charge in [-0.15, -0.1) is 0 Å². The Kier molecular flexibility index (Phi) is 9.05. The summed E-state index contributed by atoms with van der Waals surface area (Å²) in [5, 5.41) is 6.68. The number of nitrogens with zero attached hydrogens (tertiary/aromatic N) is 2. The molecular weight excluding hydrogens is 362 g/mol. The lowest BCUT2D eigenvalue weighted by Crippen LogP contribution is -2.49. The van der Waals surface area contributed by atoms with Crippen molar-refractivity contribution in [1.29, 1.82) is 0 Å². The molecule has 1 saturated carbocycles. The highest BCUT2D eigenvalue weighted by Crippen LogP contribution is 2.25. The van der Waals surface area contributed by atoms with Crippen LogP contribution in [0.1, 0.15) is 46.0 Å². The van der Waals surface area contributed by atoms with Crippen molar-refractivity contribution >= 4 is 16.0 Å². The second kappa shape index (κ2) is 11.0. The summed E-state index contributed by atoms with van der Waals surface area (Å²) < 4.78 is 26.9. The standard InChI is InChI=1S/C19H37N5O2S/c1-4-20-19(23-18-8-11-24(12-9-18)15-16(2)3)21-10-13-27(25,26)22-14-17-6-5-7-17/h17-18,22H,2,4-15H2,1,3H3,(H2,20,21,23). The van der Waals surface area contributed by atoms with Gasteiger partial charge in [0.1, 0.15) is 0 Å². The van der Waals surface area contributed by atoms with E-state index in [1.165, 1.54) is 12.0 Å². The molecule has 0 bridgehead atoms. The lowest BCUT2D eigenvalue weighted by Gasteiger charge is -2.33. The zero-order valence-corrected chi connectivity index (χ0v) is 17.8. The summed E-state index contributed by atoms with van der Waals surface area (Å²) in [5.41, 5.74) is 1.20. The van der Waals surface area contributed by atoms with Gasteiger partial charge in [-0.3, -0.25) is 9.89 Å². The Bertz CT molecular complexity index is 593. The normalized spacial score (nSPS) is 20.3. The van der Waals surface area contributed by atoms with Crippen LogP contribution in [-0.4, -0.2) is 70.3 Å². The van der Waals surface area contributed by atoms with E-state index in [2.05, 4.69) is 38.8 Å². The second-order valence-corrected chi connectivity index (χ2v) is 9.80. The number of piperidine rings is 1. The Morgan fingerprint density at radius 2 is 1.93 bits per heavy atom. The molecule has 156 valence electrons. The fourth-order valence-electron chi connectivity index (χ4n) is 3.42. The number of hydrogen-bond donors (Lipinski definition) is 3. The Balaban J connectivity index is 1.74. The zero-order valence-electron chi connectivity index (χ0n) is 17.0. The average molecular weight is 400 g/mol. The molecule has 0 aromatic heterocycles. The van der Waals surface area contributed by atoms with E-state index < -0.39 is 10.0 Å². The van der Waals surface area contributed by atoms with E-state index in [0.717, 1.165) is 51.9 Å². The van der Waals surface area contributed by atoms with Crippen LogP contribution in [0.15, 0.2) is 17.1 Å². The summed E-state index contributed by atoms with van der Waals surface area (Å²) in [7, 11) is -3.24. The maximum Gasteiger partial charge on any atom is 0.213 e. The van der Waals surface area contributed by atoms with Gasteiger partial charge in [0.05, 0.1) is 12.3 Å². The van der Waals surface area contributed by atoms with Crippen molar-refractivity contribution in [3.63, 3.8) is 0 Å². The highest BCUT2D eigenvalue weighted by atomic mass is 32.2. The van der Waals surface area contributed by atoms with Crippen molar-refractivity contribution in [2.75, 3.05) is 45.0 Å². The molecule has 0 spiro atoms. The van der Waals surface area contributed by atoms with Gasteiger partial charge in [-0.1, -0.05) is 18.6 Å². The van der Waals surface area contributed by atoms with Crippen molar-refractivity contribution in [3.8, 4) is 0 Å². The lowest BCUT2D eigenvalue weighted by atomic mass is 9.86. The molecule has 0 aromatic carbocycles. The van der Waals surface area contributed by atoms with E-state index in [0.29, 0.717) is 24.5 Å². The third-order valence-electron chi connectivity index (χ3n) is 5.21. The van der Waals surface area contributed by atoms with E-state index in [1.807, 2.05) is 6.92 Å². The van der Waals surface area contributed by atoms with Gasteiger partial charge in [-0.05, 0) is 45.4 Å². The highest BCUT2D eigenvalue weighted by molar-refractivity contribution is 7.89. The van der Waals surface area contributed by atoms with Crippen LogP contribution >= 0.6 is 0 Å². The third-order valence-corrected chi connectivity index (χ3v) is 6.54. The van der Waals surface area contributed by atoms with Crippen molar-refractivity contribution in [2.45, 2.75) is 52.0 Å². The van der Waals surface area contributed by atoms with Crippen molar-refractivity contribution in [1.82, 2.24) is 20.3 Å². The van der Waals surface area contributed by atoms with E-state index in [1.54, 1.807) is 0 Å². The van der Waals surface area contributed by atoms with Crippen molar-refractivity contribution in [2.24, 2.45) is 10.9 Å². The maximum atomic E-state index is 12.1. The van der Waals surface area contributed by atoms with Gasteiger partial charge in [0.15, 0.2) is 5.96 Å². The summed E-state index contributed by atoms with van der Waals surface area (Å²) in [5.74, 6) is 1.27. The summed E-state index contributed by atoms with van der Waals surface area (Å²) >= 11 is 0. The number of sulfonamides is 1. The summed E-state index contributed by atoms with van der Waals surface area (Å²) in [6, 6.07) is 0.373. The van der Waals surface area contributed by atoms with Crippen LogP contribution in [0.25, 0.3) is 0 Å². The number of hydrogen-bond acceptors (Lipinski definition) is 4. The molecule has 0 aromatic rings. The van der Waals surface area contributed by atoms with Gasteiger partial charge in [0, 0.05) is 38.8 Å². The molecule has 0 amide bonds. The number of rotatable bonds is 10. The van der Waals surface area contributed by atoms with E-state index in [4.69, 9.17) is 0 Å². The largest absolute Gasteiger partial charge is 0.357 e. The maximum absolute atomic E-state index is 12.1. The zero-order chi connectivity index (χ0) is 19.7. The summed E-state index contributed by atoms with van der Waals surface area (Å²) in [6.45, 7) is 12.7. The van der Waals surface area contributed by atoms with Crippen LogP contribution in [0.4, 0.5) is 0 Å². The van der Waals surface area contributed by atoms with Gasteiger partial charge >= 0.3 is 0 Å². The first-order valence-electron chi connectivity index (χ1n) is 10.3. The van der Waals surface area contributed by atoms with Gasteiger partial charge in [0.2, 0.25) is 10.0 Å². The molecule has 0 unspecified atom stereocenters. The van der Waals surface area contributed by atoms with Crippen LogP contribution in [0.3, 0.4) is 0 Å². The number of likely N-dealkylation sites (tertiary alicyclic amines) is 1. The quantitative estimate of drug-likeness (QED) is 0.293. The Hall–Kier alpha value is -1.12. The van der Waals surface area contributed by atoms with Crippen LogP contribution in [0.5, 0.6) is 0 Å². The molecule has 1 heterocycles. The molecule has 27 heavy (non-hydrogen) atoms. The van der Waals surface area contributed by atoms with Crippen LogP contribution < -0.4 is 15.4 Å². The Labute approximate surface area is 165 Å². The molecule has 2 rings (SSSR count). The second-order valence-electron chi connectivity index (χ2n) is 7.88. The van der Waals surface area contributed by atoms with E-state index in [-0.39, 0.29) is 12.3 Å². The third kappa shape index (κ3) is 8.62. The minimum absolute atomic E-state index is 0.0351. The Morgan fingerprint density at radius 1 is 1.22 bits per heavy atom. The average Bonchev–Trinajstić information content (AvgIpc) is 2.54. The first-order valence-corrected chi connectivity index (χ1v) is 11.9. The number of aliphatic imine (C=N–C) groups is 1. The van der Waals surface area contributed by atoms with Crippen LogP contribution in [0.2, 0.25) is 0 Å². The molecule has 2 fully saturated rings. The molecule has 1 saturated heterocycles. The molecular formula is C19H37N5O2S. The van der Waals surface area contributed by atoms with Crippen molar-refractivity contribution < 1.29 is 8.42 Å². The van der Waals surface area contributed by atoms with Crippen molar-refractivity contribution in [3.05, 3.63) is 12.2 Å². The van der Waals surface area contributed by atoms with Crippen LogP contribution in [0, 0.1) is 5.92 Å². The predicted octanol–water partition coefficient (Wildman–Crippen LogP) is 1.30. The van der Waals surface area contributed by atoms with Gasteiger partial charge in [-0.2, -0.15) is 0 Å². The summed E-state index contributed by atoms with van der Waals surface area (Å²) in [6.07, 6.45) is 5.61. The smallest absolute Gasteiger partial charge is 0.213 e. The molecule has 3 N–H and O–H groups in total. The number of nitrogens with one attached hydrogen (secondary N) is 3.